The topological polar surface area (TPSA) is 110 Å². The van der Waals surface area contributed by atoms with Crippen molar-refractivity contribution in [3.8, 4) is 0 Å². The van der Waals surface area contributed by atoms with Gasteiger partial charge in [-0.1, -0.05) is 80.5 Å². The van der Waals surface area contributed by atoms with Crippen molar-refractivity contribution >= 4 is 59.7 Å². The maximum atomic E-state index is 12.3. The minimum Gasteiger partial charge on any atom is -0.414 e. The summed E-state index contributed by atoms with van der Waals surface area (Å²) in [4.78, 5) is 28.0. The van der Waals surface area contributed by atoms with Crippen molar-refractivity contribution in [3.63, 3.8) is 0 Å². The molecular weight excluding hydrogens is 723 g/mol. The van der Waals surface area contributed by atoms with Crippen molar-refractivity contribution in [1.29, 1.82) is 0 Å². The van der Waals surface area contributed by atoms with Gasteiger partial charge in [0.25, 0.3) is 0 Å². The lowest BCUT2D eigenvalue weighted by Gasteiger charge is -2.44. The predicted octanol–water partition coefficient (Wildman–Crippen LogP) is 9.82. The fourth-order valence-electron chi connectivity index (χ4n) is 5.21. The third-order valence-corrected chi connectivity index (χ3v) is 26.0. The van der Waals surface area contributed by atoms with E-state index in [0.717, 1.165) is 11.4 Å². The molecule has 1 unspecified atom stereocenters. The van der Waals surface area contributed by atoms with Gasteiger partial charge in [-0.15, -0.1) is 11.8 Å². The number of hydrogen-bond acceptors (Lipinski definition) is 9. The monoisotopic (exact) mass is 787 g/mol. The number of thioether (sulfide) groups is 1. The summed E-state index contributed by atoms with van der Waals surface area (Å²) in [5.41, 5.74) is 2.03. The van der Waals surface area contributed by atoms with Crippen LogP contribution in [0.2, 0.25) is 54.4 Å². The first kappa shape index (κ1) is 42.8. The summed E-state index contributed by atoms with van der Waals surface area (Å²) < 4.78 is 30.7. The Morgan fingerprint density at radius 2 is 1.40 bits per heavy atom. The summed E-state index contributed by atoms with van der Waals surface area (Å²) in [6.07, 6.45) is 0.583. The molecule has 0 radical (unpaired) electrons. The Labute approximate surface area is 320 Å². The summed E-state index contributed by atoms with van der Waals surface area (Å²) >= 11 is 1.76. The Hall–Kier alpha value is -1.92. The average Bonchev–Trinajstić information content (AvgIpc) is 3.55. The molecule has 4 rings (SSSR count). The molecule has 10 nitrogen and oxygen atoms in total. The van der Waals surface area contributed by atoms with Crippen LogP contribution in [0.5, 0.6) is 0 Å². The molecule has 0 aliphatic carbocycles. The number of carbonyl (C=O) groups is 1. The second-order valence-corrected chi connectivity index (χ2v) is 34.2. The molecule has 0 spiro atoms. The zero-order valence-corrected chi connectivity index (χ0v) is 38.4. The molecule has 0 saturated carbocycles. The number of hydrogen-bond donors (Lipinski definition) is 1. The number of nitrogens with one attached hydrogen (secondary N) is 1. The Bertz CT molecular complexity index is 1680. The van der Waals surface area contributed by atoms with Crippen LogP contribution < -0.4 is 5.32 Å². The van der Waals surface area contributed by atoms with Gasteiger partial charge in [0.15, 0.2) is 36.8 Å². The van der Waals surface area contributed by atoms with Gasteiger partial charge in [0, 0.05) is 24.0 Å². The van der Waals surface area contributed by atoms with Gasteiger partial charge < -0.3 is 18.0 Å². The first-order valence-corrected chi connectivity index (χ1v) is 28.3. The number of carbonyl (C=O) groups excluding carboxylic acids is 1. The molecule has 290 valence electrons. The van der Waals surface area contributed by atoms with Crippen molar-refractivity contribution in [2.24, 2.45) is 0 Å². The lowest BCUT2D eigenvalue weighted by atomic mass is 10.1. The fourth-order valence-corrected chi connectivity index (χ4v) is 9.71. The minimum absolute atomic E-state index is 0.0324. The summed E-state index contributed by atoms with van der Waals surface area (Å²) in [5, 5.41) is 2.77. The summed E-state index contributed by atoms with van der Waals surface area (Å²) in [5.74, 6) is 0.791. The Morgan fingerprint density at radius 1 is 0.846 bits per heavy atom. The lowest BCUT2D eigenvalue weighted by molar-refractivity contribution is -0.114. The maximum absolute atomic E-state index is 12.3. The van der Waals surface area contributed by atoms with Crippen LogP contribution in [0, 0.1) is 0 Å². The van der Waals surface area contributed by atoms with Crippen molar-refractivity contribution in [2.45, 2.75) is 159 Å². The van der Waals surface area contributed by atoms with E-state index in [1.165, 1.54) is 11.8 Å². The number of fused-ring (bicyclic) bond motifs is 1. The highest BCUT2D eigenvalue weighted by Crippen LogP contribution is 2.47. The third-order valence-electron chi connectivity index (χ3n) is 11.6. The van der Waals surface area contributed by atoms with Crippen LogP contribution >= 0.6 is 11.8 Å². The second-order valence-electron chi connectivity index (χ2n) is 18.7. The predicted molar refractivity (Wildman–Crippen MR) is 222 cm³/mol. The zero-order chi connectivity index (χ0) is 39.1. The summed E-state index contributed by atoms with van der Waals surface area (Å²) in [6, 6.07) is 10.3. The Morgan fingerprint density at radius 3 is 1.94 bits per heavy atom. The lowest BCUT2D eigenvalue weighted by Crippen LogP contribution is -2.54. The Balaban J connectivity index is 1.85. The molecule has 1 fully saturated rings. The smallest absolute Gasteiger partial charge is 0.231 e. The van der Waals surface area contributed by atoms with Crippen LogP contribution in [0.15, 0.2) is 41.6 Å². The molecule has 0 bridgehead atoms. The van der Waals surface area contributed by atoms with Crippen molar-refractivity contribution in [2.75, 3.05) is 17.7 Å². The van der Waals surface area contributed by atoms with Crippen LogP contribution in [0.1, 0.15) is 81.2 Å². The van der Waals surface area contributed by atoms with E-state index in [4.69, 9.17) is 33.0 Å². The number of imidazole rings is 1. The number of aryl methyl sites for hydroxylation is 1. The number of anilines is 1. The Kier molecular flexibility index (Phi) is 12.9. The van der Waals surface area contributed by atoms with Gasteiger partial charge in [0.2, 0.25) is 11.9 Å². The SMILES string of the molecule is CC(=O)Nc1nc(CCSc2ccccc2)c2ncn(C3O[C@H](CO[Si](C)(C)C(C)(C)C)[C@@H](O[Si](C)(C)C(C)(C)C)[C@H]3O[Si](C)(C)C(C)(C)C)c2n1. The largest absolute Gasteiger partial charge is 0.414 e. The molecule has 3 heterocycles. The standard InChI is InChI=1S/C38H65N5O5SSi3/c1-26(44)40-35-41-28(22-23-49-27-20-18-17-19-21-27)30-33(42-35)43(25-39-30)34-32(48-52(15,16)38(8,9)10)31(47-51(13,14)37(5,6)7)29(46-34)24-45-50(11,12)36(2,3)4/h17-21,25,29,31-32,34H,22-24H2,1-16H3,(H,40,41,42,44)/t29-,31-,32-,34?/m1/s1. The third kappa shape index (κ3) is 9.84. The first-order valence-electron chi connectivity index (χ1n) is 18.6. The maximum Gasteiger partial charge on any atom is 0.231 e. The van der Waals surface area contributed by atoms with Gasteiger partial charge in [-0.3, -0.25) is 14.7 Å². The van der Waals surface area contributed by atoms with Crippen LogP contribution in [-0.2, 0) is 29.2 Å². The molecule has 1 saturated heterocycles. The molecule has 1 amide bonds. The van der Waals surface area contributed by atoms with Gasteiger partial charge in [-0.05, 0) is 66.5 Å². The van der Waals surface area contributed by atoms with E-state index in [-0.39, 0.29) is 39.2 Å². The van der Waals surface area contributed by atoms with Crippen LogP contribution in [0.25, 0.3) is 11.2 Å². The van der Waals surface area contributed by atoms with Gasteiger partial charge in [-0.2, -0.15) is 4.98 Å². The fraction of sp³-hybridized carbons (Fsp3) is 0.684. The van der Waals surface area contributed by atoms with E-state index in [1.54, 1.807) is 18.1 Å². The molecule has 1 aliphatic rings. The second kappa shape index (κ2) is 15.7. The van der Waals surface area contributed by atoms with Crippen molar-refractivity contribution < 1.29 is 22.8 Å². The zero-order valence-electron chi connectivity index (χ0n) is 34.6. The highest BCUT2D eigenvalue weighted by molar-refractivity contribution is 7.99. The van der Waals surface area contributed by atoms with E-state index in [1.807, 2.05) is 22.8 Å². The molecule has 4 atom stereocenters. The van der Waals surface area contributed by atoms with Crippen molar-refractivity contribution in [1.82, 2.24) is 19.5 Å². The van der Waals surface area contributed by atoms with E-state index < -0.39 is 37.3 Å². The van der Waals surface area contributed by atoms with Gasteiger partial charge in [0.1, 0.15) is 23.8 Å². The van der Waals surface area contributed by atoms with Crippen LogP contribution in [0.4, 0.5) is 5.95 Å². The summed E-state index contributed by atoms with van der Waals surface area (Å²) in [7, 11) is -6.83. The van der Waals surface area contributed by atoms with Crippen LogP contribution in [-0.4, -0.2) is 81.1 Å². The molecule has 14 heteroatoms. The van der Waals surface area contributed by atoms with E-state index in [9.17, 15) is 4.79 Å². The number of nitrogens with zero attached hydrogens (tertiary/aromatic N) is 4. The van der Waals surface area contributed by atoms with Gasteiger partial charge in [-0.25, -0.2) is 9.97 Å². The number of aromatic nitrogens is 4. The number of ether oxygens (including phenoxy) is 1. The molecule has 2 aromatic heterocycles. The average molecular weight is 788 g/mol. The molecular formula is C38H65N5O5SSi3. The molecule has 1 N–H and O–H groups in total. The highest BCUT2D eigenvalue weighted by Gasteiger charge is 2.55. The summed E-state index contributed by atoms with van der Waals surface area (Å²) in [6.45, 7) is 35.8. The van der Waals surface area contributed by atoms with E-state index >= 15 is 0 Å². The van der Waals surface area contributed by atoms with Gasteiger partial charge >= 0.3 is 0 Å². The highest BCUT2D eigenvalue weighted by atomic mass is 32.2. The number of rotatable bonds is 13. The normalized spacial score (nSPS) is 20.8. The van der Waals surface area contributed by atoms with Gasteiger partial charge in [0.05, 0.1) is 18.6 Å². The molecule has 3 aromatic rings. The van der Waals surface area contributed by atoms with Crippen LogP contribution in [0.3, 0.4) is 0 Å². The quantitative estimate of drug-likeness (QED) is 0.134. The number of benzene rings is 1. The first-order chi connectivity index (χ1) is 23.7. The van der Waals surface area contributed by atoms with E-state index in [0.29, 0.717) is 24.2 Å². The molecule has 1 aliphatic heterocycles. The van der Waals surface area contributed by atoms with E-state index in [2.05, 4.69) is 119 Å². The van der Waals surface area contributed by atoms with Crippen molar-refractivity contribution in [3.05, 3.63) is 42.4 Å². The minimum atomic E-state index is -2.37. The molecule has 1 aromatic carbocycles. The number of amides is 1. The molecule has 52 heavy (non-hydrogen) atoms.